The highest BCUT2D eigenvalue weighted by Gasteiger charge is 2.00. The van der Waals surface area contributed by atoms with E-state index in [9.17, 15) is 5.11 Å². The lowest BCUT2D eigenvalue weighted by molar-refractivity contribution is -0.697. The molecular formula is C29H44NO+. The molecule has 2 rings (SSSR count). The SMILES string of the molecule is CCCCCCCCCCCCCCCC[n+]1ccc(C=Cc2ccc(O)cc2)cc1. The molecule has 0 bridgehead atoms. The average molecular weight is 423 g/mol. The number of hydrogen-bond acceptors (Lipinski definition) is 1. The van der Waals surface area contributed by atoms with Gasteiger partial charge in [-0.1, -0.05) is 108 Å². The van der Waals surface area contributed by atoms with E-state index in [1.54, 1.807) is 12.1 Å². The molecule has 31 heavy (non-hydrogen) atoms. The molecule has 0 aliphatic carbocycles. The van der Waals surface area contributed by atoms with Crippen molar-refractivity contribution in [2.75, 3.05) is 0 Å². The Morgan fingerprint density at radius 2 is 1.00 bits per heavy atom. The number of rotatable bonds is 17. The van der Waals surface area contributed by atoms with Gasteiger partial charge in [0.15, 0.2) is 12.4 Å². The van der Waals surface area contributed by atoms with E-state index in [1.807, 2.05) is 12.1 Å². The predicted octanol–water partition coefficient (Wildman–Crippen LogP) is 8.33. The molecule has 0 fully saturated rings. The van der Waals surface area contributed by atoms with Crippen LogP contribution in [0.2, 0.25) is 0 Å². The summed E-state index contributed by atoms with van der Waals surface area (Å²) in [4.78, 5) is 0. The van der Waals surface area contributed by atoms with Crippen molar-refractivity contribution in [2.45, 2.75) is 103 Å². The topological polar surface area (TPSA) is 24.1 Å². The molecule has 0 aliphatic rings. The van der Waals surface area contributed by atoms with Crippen molar-refractivity contribution in [1.82, 2.24) is 0 Å². The number of benzene rings is 1. The Morgan fingerprint density at radius 3 is 1.48 bits per heavy atom. The molecule has 0 saturated heterocycles. The van der Waals surface area contributed by atoms with Gasteiger partial charge >= 0.3 is 0 Å². The first-order valence-electron chi connectivity index (χ1n) is 12.7. The van der Waals surface area contributed by atoms with Gasteiger partial charge in [-0.05, 0) is 29.7 Å². The molecule has 2 nitrogen and oxygen atoms in total. The molecule has 2 aromatic rings. The number of unbranched alkanes of at least 4 members (excludes halogenated alkanes) is 13. The third-order valence-corrected chi connectivity index (χ3v) is 6.05. The summed E-state index contributed by atoms with van der Waals surface area (Å²) in [6, 6.07) is 11.6. The maximum absolute atomic E-state index is 9.34. The fourth-order valence-electron chi connectivity index (χ4n) is 4.00. The minimum absolute atomic E-state index is 0.307. The lowest BCUT2D eigenvalue weighted by Gasteiger charge is -2.03. The number of nitrogens with zero attached hydrogens (tertiary/aromatic N) is 1. The minimum Gasteiger partial charge on any atom is -0.508 e. The maximum Gasteiger partial charge on any atom is 0.169 e. The predicted molar refractivity (Wildman–Crippen MR) is 134 cm³/mol. The standard InChI is InChI=1S/C29H43NO/c1-2-3-4-5-6-7-8-9-10-11-12-13-14-15-24-30-25-22-28(23-26-30)17-16-27-18-20-29(31)21-19-27/h16-23,25-26H,2-15,24H2,1H3/p+1. The number of hydrogen-bond donors (Lipinski definition) is 1. The molecule has 2 heteroatoms. The fraction of sp³-hybridized carbons (Fsp3) is 0.552. The van der Waals surface area contributed by atoms with Crippen LogP contribution in [0.4, 0.5) is 0 Å². The largest absolute Gasteiger partial charge is 0.508 e. The van der Waals surface area contributed by atoms with E-state index in [1.165, 1.54) is 95.5 Å². The van der Waals surface area contributed by atoms with E-state index >= 15 is 0 Å². The monoisotopic (exact) mass is 422 g/mol. The summed E-state index contributed by atoms with van der Waals surface area (Å²) in [5.41, 5.74) is 2.29. The highest BCUT2D eigenvalue weighted by Crippen LogP contribution is 2.14. The van der Waals surface area contributed by atoms with Gasteiger partial charge in [0.1, 0.15) is 12.3 Å². The Balaban J connectivity index is 1.45. The number of aromatic nitrogens is 1. The first-order chi connectivity index (χ1) is 15.3. The number of aromatic hydroxyl groups is 1. The molecule has 1 heterocycles. The van der Waals surface area contributed by atoms with Crippen LogP contribution in [-0.2, 0) is 6.54 Å². The summed E-state index contributed by atoms with van der Waals surface area (Å²) in [7, 11) is 0. The maximum atomic E-state index is 9.34. The Bertz CT molecular complexity index is 703. The third-order valence-electron chi connectivity index (χ3n) is 6.05. The normalized spacial score (nSPS) is 11.4. The zero-order valence-electron chi connectivity index (χ0n) is 19.8. The van der Waals surface area contributed by atoms with Crippen LogP contribution in [0.15, 0.2) is 48.8 Å². The van der Waals surface area contributed by atoms with Gasteiger partial charge < -0.3 is 5.11 Å². The summed E-state index contributed by atoms with van der Waals surface area (Å²) >= 11 is 0. The second-order valence-electron chi connectivity index (χ2n) is 8.89. The second-order valence-corrected chi connectivity index (χ2v) is 8.89. The van der Waals surface area contributed by atoms with Crippen LogP contribution in [0.25, 0.3) is 12.2 Å². The van der Waals surface area contributed by atoms with Crippen molar-refractivity contribution >= 4 is 12.2 Å². The first kappa shape index (κ1) is 25.2. The molecule has 0 aliphatic heterocycles. The molecule has 0 amide bonds. The van der Waals surface area contributed by atoms with Crippen LogP contribution in [0, 0.1) is 0 Å². The number of phenols is 1. The van der Waals surface area contributed by atoms with Gasteiger partial charge in [-0.2, -0.15) is 0 Å². The van der Waals surface area contributed by atoms with Crippen LogP contribution in [-0.4, -0.2) is 5.11 Å². The lowest BCUT2D eigenvalue weighted by atomic mass is 10.0. The highest BCUT2D eigenvalue weighted by molar-refractivity contribution is 5.69. The summed E-state index contributed by atoms with van der Waals surface area (Å²) in [6.07, 6.45) is 28.3. The van der Waals surface area contributed by atoms with Crippen LogP contribution in [0.5, 0.6) is 5.75 Å². The molecular weight excluding hydrogens is 378 g/mol. The lowest BCUT2D eigenvalue weighted by Crippen LogP contribution is -2.32. The molecule has 0 radical (unpaired) electrons. The molecule has 0 saturated carbocycles. The van der Waals surface area contributed by atoms with E-state index in [-0.39, 0.29) is 0 Å². The van der Waals surface area contributed by atoms with Crippen LogP contribution in [0.1, 0.15) is 108 Å². The first-order valence-corrected chi connectivity index (χ1v) is 12.7. The van der Waals surface area contributed by atoms with Gasteiger partial charge in [0.25, 0.3) is 0 Å². The highest BCUT2D eigenvalue weighted by atomic mass is 16.3. The Morgan fingerprint density at radius 1 is 0.581 bits per heavy atom. The smallest absolute Gasteiger partial charge is 0.169 e. The second kappa shape index (κ2) is 16.6. The van der Waals surface area contributed by atoms with Gasteiger partial charge in [-0.3, -0.25) is 0 Å². The third kappa shape index (κ3) is 12.4. The summed E-state index contributed by atoms with van der Waals surface area (Å²) in [5, 5.41) is 9.34. The van der Waals surface area contributed by atoms with Gasteiger partial charge in [0.2, 0.25) is 0 Å². The summed E-state index contributed by atoms with van der Waals surface area (Å²) in [6.45, 7) is 3.40. The van der Waals surface area contributed by atoms with E-state index in [4.69, 9.17) is 0 Å². The van der Waals surface area contributed by atoms with Crippen molar-refractivity contribution in [2.24, 2.45) is 0 Å². The molecule has 170 valence electrons. The van der Waals surface area contributed by atoms with Crippen molar-refractivity contribution in [3.63, 3.8) is 0 Å². The molecule has 1 N–H and O–H groups in total. The van der Waals surface area contributed by atoms with Gasteiger partial charge in [-0.25, -0.2) is 4.57 Å². The molecule has 0 unspecified atom stereocenters. The molecule has 0 atom stereocenters. The van der Waals surface area contributed by atoms with Crippen LogP contribution < -0.4 is 4.57 Å². The van der Waals surface area contributed by atoms with E-state index < -0.39 is 0 Å². The molecule has 0 spiro atoms. The van der Waals surface area contributed by atoms with Crippen molar-refractivity contribution < 1.29 is 9.67 Å². The molecule has 1 aromatic carbocycles. The number of aryl methyl sites for hydroxylation is 1. The van der Waals surface area contributed by atoms with Gasteiger partial charge in [-0.15, -0.1) is 0 Å². The fourth-order valence-corrected chi connectivity index (χ4v) is 4.00. The zero-order chi connectivity index (χ0) is 22.0. The Kier molecular flexibility index (Phi) is 13.5. The summed E-state index contributed by atoms with van der Waals surface area (Å²) in [5.74, 6) is 0.307. The number of pyridine rings is 1. The van der Waals surface area contributed by atoms with Crippen LogP contribution >= 0.6 is 0 Å². The van der Waals surface area contributed by atoms with Crippen molar-refractivity contribution in [3.8, 4) is 5.75 Å². The van der Waals surface area contributed by atoms with Gasteiger partial charge in [0, 0.05) is 18.6 Å². The van der Waals surface area contributed by atoms with Gasteiger partial charge in [0.05, 0.1) is 0 Å². The Labute approximate surface area is 191 Å². The molecule has 1 aromatic heterocycles. The summed E-state index contributed by atoms with van der Waals surface area (Å²) < 4.78 is 2.29. The zero-order valence-corrected chi connectivity index (χ0v) is 19.8. The van der Waals surface area contributed by atoms with E-state index in [0.717, 1.165) is 12.1 Å². The van der Waals surface area contributed by atoms with Crippen molar-refractivity contribution in [3.05, 3.63) is 59.9 Å². The average Bonchev–Trinajstić information content (AvgIpc) is 2.80. The van der Waals surface area contributed by atoms with E-state index in [0.29, 0.717) is 5.75 Å². The van der Waals surface area contributed by atoms with Crippen LogP contribution in [0.3, 0.4) is 0 Å². The quantitative estimate of drug-likeness (QED) is 0.201. The minimum atomic E-state index is 0.307. The van der Waals surface area contributed by atoms with Crippen molar-refractivity contribution in [1.29, 1.82) is 0 Å². The number of phenolic OH excluding ortho intramolecular Hbond substituents is 1. The van der Waals surface area contributed by atoms with E-state index in [2.05, 4.69) is 48.2 Å². The Hall–Kier alpha value is -2.09.